The Balaban J connectivity index is 3.04. The zero-order valence-electron chi connectivity index (χ0n) is 10.9. The summed E-state index contributed by atoms with van der Waals surface area (Å²) >= 11 is 0. The fraction of sp³-hybridized carbons (Fsp3) is 0.538. The van der Waals surface area contributed by atoms with Crippen LogP contribution in [0.25, 0.3) is 0 Å². The molecule has 0 amide bonds. The van der Waals surface area contributed by atoms with Crippen molar-refractivity contribution in [2.75, 3.05) is 27.3 Å². The standard InChI is InChI=1S/C13H21NO3/c1-5-17-11-7-6-10(8-12(11)16-4)13(2,15)9-14-3/h6-8,14-15H,5,9H2,1-4H3. The van der Waals surface area contributed by atoms with E-state index in [-0.39, 0.29) is 0 Å². The fourth-order valence-corrected chi connectivity index (χ4v) is 1.72. The Morgan fingerprint density at radius 1 is 1.35 bits per heavy atom. The van der Waals surface area contributed by atoms with Crippen molar-refractivity contribution in [3.63, 3.8) is 0 Å². The normalized spacial score (nSPS) is 14.2. The third-order valence-corrected chi connectivity index (χ3v) is 2.61. The monoisotopic (exact) mass is 239 g/mol. The molecule has 2 N–H and O–H groups in total. The lowest BCUT2D eigenvalue weighted by atomic mass is 9.95. The average molecular weight is 239 g/mol. The summed E-state index contributed by atoms with van der Waals surface area (Å²) in [6, 6.07) is 5.48. The average Bonchev–Trinajstić information content (AvgIpc) is 2.29. The summed E-state index contributed by atoms with van der Waals surface area (Å²) < 4.78 is 10.7. The quantitative estimate of drug-likeness (QED) is 0.790. The van der Waals surface area contributed by atoms with Crippen molar-refractivity contribution in [3.05, 3.63) is 23.8 Å². The summed E-state index contributed by atoms with van der Waals surface area (Å²) in [5.74, 6) is 1.33. The lowest BCUT2D eigenvalue weighted by Crippen LogP contribution is -2.33. The highest BCUT2D eigenvalue weighted by molar-refractivity contribution is 5.44. The van der Waals surface area contributed by atoms with E-state index in [1.807, 2.05) is 25.1 Å². The van der Waals surface area contributed by atoms with Crippen molar-refractivity contribution in [1.82, 2.24) is 5.32 Å². The van der Waals surface area contributed by atoms with Crippen molar-refractivity contribution in [3.8, 4) is 11.5 Å². The summed E-state index contributed by atoms with van der Waals surface area (Å²) in [4.78, 5) is 0. The van der Waals surface area contributed by atoms with Gasteiger partial charge < -0.3 is 19.9 Å². The predicted molar refractivity (Wildman–Crippen MR) is 67.7 cm³/mol. The molecule has 0 aliphatic carbocycles. The first kappa shape index (κ1) is 13.8. The molecular formula is C13H21NO3. The predicted octanol–water partition coefficient (Wildman–Crippen LogP) is 1.52. The Morgan fingerprint density at radius 2 is 2.06 bits per heavy atom. The summed E-state index contributed by atoms with van der Waals surface area (Å²) in [6.45, 7) is 4.75. The van der Waals surface area contributed by atoms with Crippen LogP contribution in [0.1, 0.15) is 19.4 Å². The Bertz CT molecular complexity index is 364. The van der Waals surface area contributed by atoms with Gasteiger partial charge in [0.1, 0.15) is 0 Å². The third-order valence-electron chi connectivity index (χ3n) is 2.61. The minimum absolute atomic E-state index is 0.476. The number of benzene rings is 1. The summed E-state index contributed by atoms with van der Waals surface area (Å²) in [5, 5.41) is 13.2. The maximum atomic E-state index is 10.3. The Hall–Kier alpha value is -1.26. The van der Waals surface area contributed by atoms with Crippen LogP contribution in [0, 0.1) is 0 Å². The van der Waals surface area contributed by atoms with Crippen LogP contribution < -0.4 is 14.8 Å². The third kappa shape index (κ3) is 3.35. The molecule has 1 atom stereocenters. The van der Waals surface area contributed by atoms with Crippen LogP contribution in [0.3, 0.4) is 0 Å². The van der Waals surface area contributed by atoms with E-state index >= 15 is 0 Å². The van der Waals surface area contributed by atoms with Crippen molar-refractivity contribution >= 4 is 0 Å². The van der Waals surface area contributed by atoms with Gasteiger partial charge in [-0.05, 0) is 38.6 Å². The molecule has 4 nitrogen and oxygen atoms in total. The molecule has 0 fully saturated rings. The molecule has 1 unspecified atom stereocenters. The second kappa shape index (κ2) is 5.89. The van der Waals surface area contributed by atoms with E-state index in [1.54, 1.807) is 21.1 Å². The van der Waals surface area contributed by atoms with Gasteiger partial charge in [0.2, 0.25) is 0 Å². The van der Waals surface area contributed by atoms with Gasteiger partial charge in [0, 0.05) is 6.54 Å². The van der Waals surface area contributed by atoms with Crippen LogP contribution in [0.5, 0.6) is 11.5 Å². The molecule has 0 saturated carbocycles. The van der Waals surface area contributed by atoms with E-state index in [2.05, 4.69) is 5.32 Å². The Labute approximate surface area is 103 Å². The number of aliphatic hydroxyl groups is 1. The topological polar surface area (TPSA) is 50.7 Å². The highest BCUT2D eigenvalue weighted by Gasteiger charge is 2.23. The van der Waals surface area contributed by atoms with Crippen LogP contribution in [0.15, 0.2) is 18.2 Å². The number of hydrogen-bond donors (Lipinski definition) is 2. The molecule has 17 heavy (non-hydrogen) atoms. The molecule has 96 valence electrons. The molecule has 0 spiro atoms. The van der Waals surface area contributed by atoms with Gasteiger partial charge in [-0.25, -0.2) is 0 Å². The van der Waals surface area contributed by atoms with Crippen molar-refractivity contribution in [2.24, 2.45) is 0 Å². The van der Waals surface area contributed by atoms with Crippen molar-refractivity contribution in [1.29, 1.82) is 0 Å². The number of rotatable bonds is 6. The van der Waals surface area contributed by atoms with Crippen molar-refractivity contribution in [2.45, 2.75) is 19.4 Å². The molecule has 1 aromatic carbocycles. The summed E-state index contributed by atoms with van der Waals surface area (Å²) in [5.41, 5.74) is -0.126. The Morgan fingerprint density at radius 3 is 2.59 bits per heavy atom. The van der Waals surface area contributed by atoms with Gasteiger partial charge in [0.05, 0.1) is 19.3 Å². The van der Waals surface area contributed by atoms with Crippen LogP contribution >= 0.6 is 0 Å². The van der Waals surface area contributed by atoms with E-state index in [0.29, 0.717) is 24.7 Å². The minimum Gasteiger partial charge on any atom is -0.493 e. The van der Waals surface area contributed by atoms with Gasteiger partial charge in [0.15, 0.2) is 11.5 Å². The molecule has 0 aliphatic heterocycles. The molecule has 1 aromatic rings. The lowest BCUT2D eigenvalue weighted by Gasteiger charge is -2.24. The molecular weight excluding hydrogens is 218 g/mol. The van der Waals surface area contributed by atoms with Crippen molar-refractivity contribution < 1.29 is 14.6 Å². The number of likely N-dealkylation sites (N-methyl/N-ethyl adjacent to an activating group) is 1. The second-order valence-corrected chi connectivity index (χ2v) is 4.10. The smallest absolute Gasteiger partial charge is 0.161 e. The molecule has 0 radical (unpaired) electrons. The fourth-order valence-electron chi connectivity index (χ4n) is 1.72. The van der Waals surface area contributed by atoms with Crippen LogP contribution in [-0.4, -0.2) is 32.4 Å². The van der Waals surface area contributed by atoms with Crippen LogP contribution in [0.4, 0.5) is 0 Å². The lowest BCUT2D eigenvalue weighted by molar-refractivity contribution is 0.0588. The maximum Gasteiger partial charge on any atom is 0.161 e. The van der Waals surface area contributed by atoms with E-state index in [1.165, 1.54) is 0 Å². The van der Waals surface area contributed by atoms with Gasteiger partial charge >= 0.3 is 0 Å². The van der Waals surface area contributed by atoms with Crippen LogP contribution in [0.2, 0.25) is 0 Å². The minimum atomic E-state index is -0.924. The van der Waals surface area contributed by atoms with E-state index in [4.69, 9.17) is 9.47 Å². The van der Waals surface area contributed by atoms with Gasteiger partial charge in [0.25, 0.3) is 0 Å². The van der Waals surface area contributed by atoms with E-state index in [9.17, 15) is 5.11 Å². The van der Waals surface area contributed by atoms with Gasteiger partial charge in [-0.1, -0.05) is 6.07 Å². The molecule has 0 saturated heterocycles. The first-order valence-electron chi connectivity index (χ1n) is 5.73. The summed E-state index contributed by atoms with van der Waals surface area (Å²) in [7, 11) is 3.40. The molecule has 0 bridgehead atoms. The highest BCUT2D eigenvalue weighted by Crippen LogP contribution is 2.32. The highest BCUT2D eigenvalue weighted by atomic mass is 16.5. The number of hydrogen-bond acceptors (Lipinski definition) is 4. The van der Waals surface area contributed by atoms with Gasteiger partial charge in [-0.15, -0.1) is 0 Å². The molecule has 1 rings (SSSR count). The zero-order chi connectivity index (χ0) is 12.9. The number of ether oxygens (including phenoxy) is 2. The summed E-state index contributed by atoms with van der Waals surface area (Å²) in [6.07, 6.45) is 0. The number of nitrogens with one attached hydrogen (secondary N) is 1. The first-order chi connectivity index (χ1) is 8.05. The van der Waals surface area contributed by atoms with E-state index in [0.717, 1.165) is 5.56 Å². The molecule has 0 aromatic heterocycles. The molecule has 0 heterocycles. The number of methoxy groups -OCH3 is 1. The SMILES string of the molecule is CCOc1ccc(C(C)(O)CNC)cc1OC. The molecule has 4 heteroatoms. The maximum absolute atomic E-state index is 10.3. The molecule has 0 aliphatic rings. The van der Waals surface area contributed by atoms with Gasteiger partial charge in [-0.2, -0.15) is 0 Å². The first-order valence-corrected chi connectivity index (χ1v) is 5.73. The zero-order valence-corrected chi connectivity index (χ0v) is 10.9. The van der Waals surface area contributed by atoms with Gasteiger partial charge in [-0.3, -0.25) is 0 Å². The van der Waals surface area contributed by atoms with E-state index < -0.39 is 5.60 Å². The van der Waals surface area contributed by atoms with Crippen LogP contribution in [-0.2, 0) is 5.60 Å². The Kier molecular flexibility index (Phi) is 4.78. The second-order valence-electron chi connectivity index (χ2n) is 4.10. The largest absolute Gasteiger partial charge is 0.493 e.